The topological polar surface area (TPSA) is 29.5 Å². The van der Waals surface area contributed by atoms with E-state index in [0.717, 1.165) is 10.0 Å². The number of hydrogen-bond donors (Lipinski definition) is 1. The lowest BCUT2D eigenvalue weighted by molar-refractivity contribution is 0.198. The predicted octanol–water partition coefficient (Wildman–Crippen LogP) is 4.87. The van der Waals surface area contributed by atoms with E-state index in [2.05, 4.69) is 15.9 Å². The molecule has 0 saturated carbocycles. The molecule has 2 aromatic carbocycles. The number of hydrogen-bond acceptors (Lipinski definition) is 2. The van der Waals surface area contributed by atoms with Gasteiger partial charge in [0.15, 0.2) is 11.6 Å². The van der Waals surface area contributed by atoms with Crippen molar-refractivity contribution in [3.63, 3.8) is 0 Å². The normalized spacial score (nSPS) is 12.2. The summed E-state index contributed by atoms with van der Waals surface area (Å²) in [6, 6.07) is 9.82. The van der Waals surface area contributed by atoms with Crippen LogP contribution in [-0.4, -0.2) is 5.11 Å². The van der Waals surface area contributed by atoms with Gasteiger partial charge in [0.25, 0.3) is 0 Å². The Kier molecular flexibility index (Phi) is 5.02. The Morgan fingerprint density at radius 2 is 2.05 bits per heavy atom. The Bertz CT molecular complexity index is 617. The van der Waals surface area contributed by atoms with Crippen molar-refractivity contribution >= 4 is 27.5 Å². The van der Waals surface area contributed by atoms with Gasteiger partial charge in [-0.1, -0.05) is 39.7 Å². The quantitative estimate of drug-likeness (QED) is 0.843. The molecule has 2 nitrogen and oxygen atoms in total. The molecule has 0 saturated heterocycles. The second-order valence-electron chi connectivity index (χ2n) is 4.39. The molecule has 0 heterocycles. The lowest BCUT2D eigenvalue weighted by Crippen LogP contribution is -2.00. The molecule has 106 valence electrons. The summed E-state index contributed by atoms with van der Waals surface area (Å²) >= 11 is 9.38. The molecule has 0 aliphatic rings. The highest BCUT2D eigenvalue weighted by molar-refractivity contribution is 9.10. The van der Waals surface area contributed by atoms with E-state index in [-0.39, 0.29) is 12.4 Å². The number of rotatable bonds is 4. The summed E-state index contributed by atoms with van der Waals surface area (Å²) in [5.74, 6) is -0.370. The number of benzene rings is 2. The summed E-state index contributed by atoms with van der Waals surface area (Å²) < 4.78 is 20.1. The molecule has 1 atom stereocenters. The molecule has 0 radical (unpaired) electrons. The van der Waals surface area contributed by atoms with Gasteiger partial charge in [0.1, 0.15) is 6.61 Å². The van der Waals surface area contributed by atoms with E-state index >= 15 is 0 Å². The first-order chi connectivity index (χ1) is 9.47. The van der Waals surface area contributed by atoms with Gasteiger partial charge in [-0.15, -0.1) is 0 Å². The molecule has 0 spiro atoms. The Morgan fingerprint density at radius 3 is 2.65 bits per heavy atom. The van der Waals surface area contributed by atoms with Crippen LogP contribution in [0.15, 0.2) is 40.9 Å². The van der Waals surface area contributed by atoms with Gasteiger partial charge in [0.05, 0.1) is 6.10 Å². The fourth-order valence-electron chi connectivity index (χ4n) is 1.69. The van der Waals surface area contributed by atoms with Crippen molar-refractivity contribution in [3.05, 3.63) is 62.8 Å². The fraction of sp³-hybridized carbons (Fsp3) is 0.200. The number of aliphatic hydroxyl groups excluding tert-OH is 1. The average Bonchev–Trinajstić information content (AvgIpc) is 2.38. The third-order valence-corrected chi connectivity index (χ3v) is 3.68. The summed E-state index contributed by atoms with van der Waals surface area (Å²) in [5, 5.41) is 9.94. The standard InChI is InChI=1S/C15H13BrClFO2/c1-9(19)10-3-5-15(14(18)6-10)20-8-11-2-4-12(16)7-13(11)17/h2-7,9,19H,8H2,1H3/t9-/m0/s1. The molecule has 1 N–H and O–H groups in total. The maximum atomic E-state index is 13.8. The van der Waals surface area contributed by atoms with E-state index < -0.39 is 11.9 Å². The van der Waals surface area contributed by atoms with Crippen molar-refractivity contribution in [1.29, 1.82) is 0 Å². The monoisotopic (exact) mass is 358 g/mol. The fourth-order valence-corrected chi connectivity index (χ4v) is 2.42. The largest absolute Gasteiger partial charge is 0.486 e. The summed E-state index contributed by atoms with van der Waals surface area (Å²) in [6.45, 7) is 1.76. The van der Waals surface area contributed by atoms with Crippen LogP contribution in [0.25, 0.3) is 0 Å². The van der Waals surface area contributed by atoms with Crippen LogP contribution in [0.1, 0.15) is 24.2 Å². The maximum Gasteiger partial charge on any atom is 0.165 e. The van der Waals surface area contributed by atoms with Crippen molar-refractivity contribution in [3.8, 4) is 5.75 Å². The third kappa shape index (κ3) is 3.72. The molecule has 20 heavy (non-hydrogen) atoms. The van der Waals surface area contributed by atoms with Crippen molar-refractivity contribution in [2.45, 2.75) is 19.6 Å². The molecule has 0 aliphatic heterocycles. The van der Waals surface area contributed by atoms with Gasteiger partial charge >= 0.3 is 0 Å². The van der Waals surface area contributed by atoms with Gasteiger partial charge in [-0.05, 0) is 36.8 Å². The smallest absolute Gasteiger partial charge is 0.165 e. The lowest BCUT2D eigenvalue weighted by Gasteiger charge is -2.11. The molecule has 0 aromatic heterocycles. The van der Waals surface area contributed by atoms with Crippen LogP contribution < -0.4 is 4.74 Å². The Hall–Kier alpha value is -1.10. The Morgan fingerprint density at radius 1 is 1.30 bits per heavy atom. The molecule has 2 rings (SSSR count). The minimum atomic E-state index is -0.709. The minimum Gasteiger partial charge on any atom is -0.486 e. The molecule has 0 fully saturated rings. The van der Waals surface area contributed by atoms with Crippen molar-refractivity contribution in [2.24, 2.45) is 0 Å². The van der Waals surface area contributed by atoms with Gasteiger partial charge in [-0.2, -0.15) is 0 Å². The summed E-state index contributed by atoms with van der Waals surface area (Å²) in [6.07, 6.45) is -0.709. The zero-order valence-corrected chi connectivity index (χ0v) is 13.1. The van der Waals surface area contributed by atoms with E-state index in [1.807, 2.05) is 12.1 Å². The first-order valence-electron chi connectivity index (χ1n) is 6.01. The molecule has 5 heteroatoms. The third-order valence-electron chi connectivity index (χ3n) is 2.84. The highest BCUT2D eigenvalue weighted by Gasteiger charge is 2.09. The predicted molar refractivity (Wildman–Crippen MR) is 80.5 cm³/mol. The molecule has 0 unspecified atom stereocenters. The van der Waals surface area contributed by atoms with Gasteiger partial charge in [-0.3, -0.25) is 0 Å². The molecule has 0 bridgehead atoms. The number of halogens is 3. The second-order valence-corrected chi connectivity index (χ2v) is 5.71. The van der Waals surface area contributed by atoms with Crippen LogP contribution in [0.3, 0.4) is 0 Å². The van der Waals surface area contributed by atoms with Crippen molar-refractivity contribution < 1.29 is 14.2 Å². The second kappa shape index (κ2) is 6.57. The lowest BCUT2D eigenvalue weighted by atomic mass is 10.1. The zero-order valence-electron chi connectivity index (χ0n) is 10.7. The average molecular weight is 360 g/mol. The van der Waals surface area contributed by atoms with Crippen LogP contribution in [0.2, 0.25) is 5.02 Å². The summed E-state index contributed by atoms with van der Waals surface area (Å²) in [5.41, 5.74) is 1.28. The number of ether oxygens (including phenoxy) is 1. The Balaban J connectivity index is 2.11. The molecular weight excluding hydrogens is 347 g/mol. The van der Waals surface area contributed by atoms with Crippen LogP contribution in [0.5, 0.6) is 5.75 Å². The van der Waals surface area contributed by atoms with Gasteiger partial charge in [0.2, 0.25) is 0 Å². The van der Waals surface area contributed by atoms with E-state index in [1.54, 1.807) is 19.1 Å². The van der Waals surface area contributed by atoms with Gasteiger partial charge < -0.3 is 9.84 Å². The molecular formula is C15H13BrClFO2. The van der Waals surface area contributed by atoms with E-state index in [4.69, 9.17) is 16.3 Å². The summed E-state index contributed by atoms with van der Waals surface area (Å²) in [4.78, 5) is 0. The van der Waals surface area contributed by atoms with Crippen molar-refractivity contribution in [1.82, 2.24) is 0 Å². The van der Waals surface area contributed by atoms with Crippen LogP contribution >= 0.6 is 27.5 Å². The molecule has 2 aromatic rings. The highest BCUT2D eigenvalue weighted by Crippen LogP contribution is 2.25. The van der Waals surface area contributed by atoms with Crippen LogP contribution in [-0.2, 0) is 6.61 Å². The van der Waals surface area contributed by atoms with E-state index in [1.165, 1.54) is 12.1 Å². The Labute approximate surface area is 130 Å². The first-order valence-corrected chi connectivity index (χ1v) is 7.18. The SMILES string of the molecule is C[C@H](O)c1ccc(OCc2ccc(Br)cc2Cl)c(F)c1. The molecule has 0 aliphatic carbocycles. The minimum absolute atomic E-state index is 0.133. The maximum absolute atomic E-state index is 13.8. The number of aliphatic hydroxyl groups is 1. The summed E-state index contributed by atoms with van der Waals surface area (Å²) in [7, 11) is 0. The molecule has 0 amide bonds. The van der Waals surface area contributed by atoms with E-state index in [0.29, 0.717) is 10.6 Å². The highest BCUT2D eigenvalue weighted by atomic mass is 79.9. The van der Waals surface area contributed by atoms with Gasteiger partial charge in [0, 0.05) is 15.1 Å². The van der Waals surface area contributed by atoms with Gasteiger partial charge in [-0.25, -0.2) is 4.39 Å². The van der Waals surface area contributed by atoms with Crippen LogP contribution in [0, 0.1) is 5.82 Å². The van der Waals surface area contributed by atoms with Crippen LogP contribution in [0.4, 0.5) is 4.39 Å². The van der Waals surface area contributed by atoms with Crippen molar-refractivity contribution in [2.75, 3.05) is 0 Å². The zero-order chi connectivity index (χ0) is 14.7. The first kappa shape index (κ1) is 15.3. The van der Waals surface area contributed by atoms with E-state index in [9.17, 15) is 9.50 Å².